The molecule has 2 aromatic carbocycles. The highest BCUT2D eigenvalue weighted by Gasteiger charge is 2.45. The number of hydrogen-bond acceptors (Lipinski definition) is 10. The number of carbonyl (C=O) groups excluding carboxylic acids is 4. The number of halogens is 4. The van der Waals surface area contributed by atoms with Crippen molar-refractivity contribution in [1.29, 1.82) is 0 Å². The van der Waals surface area contributed by atoms with Crippen LogP contribution < -0.4 is 21.3 Å². The molecule has 18 heteroatoms. The van der Waals surface area contributed by atoms with Gasteiger partial charge in [0.2, 0.25) is 0 Å². The Morgan fingerprint density at radius 1 is 0.617 bits per heavy atom. The average Bonchev–Trinajstić information content (AvgIpc) is 4.04. The van der Waals surface area contributed by atoms with Gasteiger partial charge in [-0.15, -0.1) is 22.7 Å². The molecule has 8 rings (SSSR count). The van der Waals surface area contributed by atoms with Crippen molar-refractivity contribution in [1.82, 2.24) is 20.4 Å². The number of carbonyl (C=O) groups is 4. The Bertz CT molecular complexity index is 2100. The lowest BCUT2D eigenvalue weighted by Crippen LogP contribution is -2.57. The second-order valence-electron chi connectivity index (χ2n) is 15.6. The van der Waals surface area contributed by atoms with E-state index in [1.807, 2.05) is 14.1 Å². The van der Waals surface area contributed by atoms with Crippen molar-refractivity contribution >= 4 is 80.9 Å². The van der Waals surface area contributed by atoms with Crippen LogP contribution >= 0.6 is 45.9 Å². The summed E-state index contributed by atoms with van der Waals surface area (Å²) in [6.07, 6.45) is 3.74. The molecule has 0 saturated carbocycles. The minimum absolute atomic E-state index is 0.0288. The van der Waals surface area contributed by atoms with Crippen LogP contribution in [0, 0.1) is 11.6 Å². The second kappa shape index (κ2) is 18.9. The van der Waals surface area contributed by atoms with E-state index in [-0.39, 0.29) is 24.6 Å². The number of fused-ring (bicyclic) bond motifs is 2. The highest BCUT2D eigenvalue weighted by Crippen LogP contribution is 2.30. The molecule has 2 fully saturated rings. The van der Waals surface area contributed by atoms with Gasteiger partial charge in [0, 0.05) is 52.2 Å². The zero-order valence-corrected chi connectivity index (χ0v) is 36.3. The number of nitrogens with one attached hydrogen (secondary N) is 4. The predicted octanol–water partition coefficient (Wildman–Crippen LogP) is 6.20. The first kappa shape index (κ1) is 44.1. The maximum atomic E-state index is 14.7. The Labute approximate surface area is 364 Å². The van der Waals surface area contributed by atoms with Gasteiger partial charge in [-0.2, -0.15) is 0 Å². The number of benzene rings is 2. The van der Waals surface area contributed by atoms with Gasteiger partial charge in [-0.25, -0.2) is 8.78 Å². The van der Waals surface area contributed by atoms with Crippen LogP contribution in [0.3, 0.4) is 0 Å². The SMILES string of the molecule is CN1CCc2cc(F)c(NC(=O)[C@@]3(NC(=O)c4ccc(Cl)s4)CCOC3)cc2CC1.CN1CCc2cc(F)c(NC(=O)[C@]3(NC(=O)c4ccc(Cl)s4)CCOC3)cc2CC1. The summed E-state index contributed by atoms with van der Waals surface area (Å²) in [5.74, 6) is -2.73. The lowest BCUT2D eigenvalue weighted by atomic mass is 9.96. The number of ether oxygens (including phenoxy) is 2. The number of hydrogen-bond donors (Lipinski definition) is 4. The Kier molecular flexibility index (Phi) is 13.9. The molecule has 4 aliphatic rings. The van der Waals surface area contributed by atoms with E-state index in [0.29, 0.717) is 44.5 Å². The molecule has 6 heterocycles. The van der Waals surface area contributed by atoms with E-state index < -0.39 is 46.3 Å². The number of nitrogens with zero attached hydrogens (tertiary/aromatic N) is 2. The van der Waals surface area contributed by atoms with Crippen LogP contribution in [0.2, 0.25) is 8.67 Å². The molecule has 0 radical (unpaired) electrons. The molecule has 2 atom stereocenters. The first-order valence-electron chi connectivity index (χ1n) is 19.7. The Hall–Kier alpha value is -4.00. The molecule has 4 N–H and O–H groups in total. The zero-order valence-electron chi connectivity index (χ0n) is 33.2. The maximum Gasteiger partial charge on any atom is 0.262 e. The van der Waals surface area contributed by atoms with Crippen LogP contribution in [-0.2, 0) is 44.7 Å². The van der Waals surface area contributed by atoms with Gasteiger partial charge < -0.3 is 40.5 Å². The molecule has 12 nitrogen and oxygen atoms in total. The van der Waals surface area contributed by atoms with Crippen LogP contribution in [0.15, 0.2) is 48.5 Å². The van der Waals surface area contributed by atoms with Crippen LogP contribution in [0.1, 0.15) is 54.4 Å². The summed E-state index contributed by atoms with van der Waals surface area (Å²) in [6, 6.07) is 12.9. The first-order valence-corrected chi connectivity index (χ1v) is 22.1. The summed E-state index contributed by atoms with van der Waals surface area (Å²) < 4.78 is 41.3. The van der Waals surface area contributed by atoms with Crippen LogP contribution in [0.5, 0.6) is 0 Å². The Morgan fingerprint density at radius 2 is 0.983 bits per heavy atom. The molecule has 4 aliphatic heterocycles. The van der Waals surface area contributed by atoms with Crippen molar-refractivity contribution in [2.75, 3.05) is 77.3 Å². The van der Waals surface area contributed by atoms with Gasteiger partial charge in [-0.3, -0.25) is 19.2 Å². The molecule has 0 spiro atoms. The molecule has 2 aromatic heterocycles. The van der Waals surface area contributed by atoms with E-state index in [9.17, 15) is 28.0 Å². The van der Waals surface area contributed by atoms with Crippen molar-refractivity contribution in [3.05, 3.63) is 101 Å². The topological polar surface area (TPSA) is 141 Å². The molecule has 0 bridgehead atoms. The summed E-state index contributed by atoms with van der Waals surface area (Å²) in [5, 5.41) is 11.0. The molecular weight excluding hydrogens is 858 g/mol. The highest BCUT2D eigenvalue weighted by molar-refractivity contribution is 7.18. The zero-order chi connectivity index (χ0) is 42.6. The molecule has 0 unspecified atom stereocenters. The van der Waals surface area contributed by atoms with Gasteiger partial charge >= 0.3 is 0 Å². The summed E-state index contributed by atoms with van der Waals surface area (Å²) in [6.45, 7) is 4.22. The largest absolute Gasteiger partial charge is 0.378 e. The van der Waals surface area contributed by atoms with Gasteiger partial charge in [-0.1, -0.05) is 23.2 Å². The molecular formula is C42H46Cl2F2N6O6S2. The Morgan fingerprint density at radius 3 is 1.30 bits per heavy atom. The van der Waals surface area contributed by atoms with E-state index in [2.05, 4.69) is 31.1 Å². The fourth-order valence-electron chi connectivity index (χ4n) is 7.62. The smallest absolute Gasteiger partial charge is 0.262 e. The van der Waals surface area contributed by atoms with E-state index >= 15 is 0 Å². The highest BCUT2D eigenvalue weighted by atomic mass is 35.5. The summed E-state index contributed by atoms with van der Waals surface area (Å²) >= 11 is 14.1. The molecule has 4 amide bonds. The van der Waals surface area contributed by atoms with E-state index in [1.165, 1.54) is 12.1 Å². The minimum atomic E-state index is -1.26. The monoisotopic (exact) mass is 902 g/mol. The second-order valence-corrected chi connectivity index (χ2v) is 19.0. The van der Waals surface area contributed by atoms with E-state index in [1.54, 1.807) is 36.4 Å². The third-order valence-electron chi connectivity index (χ3n) is 11.3. The Balaban J connectivity index is 0.000000181. The van der Waals surface area contributed by atoms with Gasteiger partial charge in [-0.05, 0) is 111 Å². The van der Waals surface area contributed by atoms with Gasteiger partial charge in [0.15, 0.2) is 0 Å². The number of likely N-dealkylation sites (N-methyl/N-ethyl adjacent to an activating group) is 2. The number of rotatable bonds is 8. The molecule has 320 valence electrons. The fraction of sp³-hybridized carbons (Fsp3) is 0.429. The van der Waals surface area contributed by atoms with Gasteiger partial charge in [0.1, 0.15) is 22.7 Å². The molecule has 4 aromatic rings. The predicted molar refractivity (Wildman–Crippen MR) is 230 cm³/mol. The van der Waals surface area contributed by atoms with Crippen molar-refractivity contribution in [3.8, 4) is 0 Å². The van der Waals surface area contributed by atoms with Crippen molar-refractivity contribution in [2.45, 2.75) is 49.6 Å². The third-order valence-corrected chi connectivity index (χ3v) is 13.8. The van der Waals surface area contributed by atoms with Gasteiger partial charge in [0.05, 0.1) is 43.0 Å². The lowest BCUT2D eigenvalue weighted by Gasteiger charge is -2.27. The van der Waals surface area contributed by atoms with Crippen molar-refractivity contribution in [3.63, 3.8) is 0 Å². The van der Waals surface area contributed by atoms with E-state index in [0.717, 1.165) is 96.8 Å². The first-order chi connectivity index (χ1) is 28.7. The minimum Gasteiger partial charge on any atom is -0.378 e. The number of amides is 4. The molecule has 0 aliphatic carbocycles. The number of anilines is 2. The average molecular weight is 904 g/mol. The number of thiophene rings is 2. The molecule has 60 heavy (non-hydrogen) atoms. The normalized spacial score (nSPS) is 21.7. The van der Waals surface area contributed by atoms with Crippen molar-refractivity contribution < 1.29 is 37.4 Å². The quantitative estimate of drug-likeness (QED) is 0.164. The van der Waals surface area contributed by atoms with Crippen LogP contribution in [-0.4, -0.2) is 111 Å². The third kappa shape index (κ3) is 10.2. The summed E-state index contributed by atoms with van der Waals surface area (Å²) in [7, 11) is 4.08. The molecule has 2 saturated heterocycles. The van der Waals surface area contributed by atoms with E-state index in [4.69, 9.17) is 32.7 Å². The van der Waals surface area contributed by atoms with Gasteiger partial charge in [0.25, 0.3) is 23.6 Å². The fourth-order valence-corrected chi connectivity index (χ4v) is 9.50. The lowest BCUT2D eigenvalue weighted by molar-refractivity contribution is -0.122. The standard InChI is InChI=1S/2C21H23ClFN3O3S/c2*1-26-7-4-13-10-15(23)16(11-14(13)5-8-26)24-20(28)21(6-9-29-12-21)25-19(27)17-2-3-18(22)30-17/h2*2-3,10-11H,4-9,12H2,1H3,(H,24,28)(H,25,27)/t2*21-/m10/s1. The summed E-state index contributed by atoms with van der Waals surface area (Å²) in [4.78, 5) is 56.8. The van der Waals surface area contributed by atoms with Crippen LogP contribution in [0.25, 0.3) is 0 Å². The van der Waals surface area contributed by atoms with Crippen molar-refractivity contribution in [2.24, 2.45) is 0 Å². The summed E-state index contributed by atoms with van der Waals surface area (Å²) in [5.41, 5.74) is 1.74. The maximum absolute atomic E-state index is 14.7. The van der Waals surface area contributed by atoms with Crippen LogP contribution in [0.4, 0.5) is 20.2 Å².